The Morgan fingerprint density at radius 2 is 2.24 bits per heavy atom. The Labute approximate surface area is 120 Å². The van der Waals surface area contributed by atoms with Crippen LogP contribution in [0.4, 0.5) is 4.39 Å². The fourth-order valence-electron chi connectivity index (χ4n) is 1.88. The molecule has 1 unspecified atom stereocenters. The van der Waals surface area contributed by atoms with Crippen LogP contribution in [0.2, 0.25) is 0 Å². The van der Waals surface area contributed by atoms with Crippen molar-refractivity contribution in [3.63, 3.8) is 0 Å². The van der Waals surface area contributed by atoms with Crippen LogP contribution in [0.1, 0.15) is 20.3 Å². The fraction of sp³-hybridized carbons (Fsp3) is 0.385. The van der Waals surface area contributed by atoms with Crippen molar-refractivity contribution in [1.82, 2.24) is 20.2 Å². The Kier molecular flexibility index (Phi) is 3.88. The molecule has 0 aliphatic carbocycles. The van der Waals surface area contributed by atoms with Crippen molar-refractivity contribution in [3.05, 3.63) is 24.0 Å². The van der Waals surface area contributed by atoms with Gasteiger partial charge in [-0.05, 0) is 35.9 Å². The molecule has 2 aromatic rings. The van der Waals surface area contributed by atoms with Gasteiger partial charge in [-0.15, -0.1) is 5.10 Å². The summed E-state index contributed by atoms with van der Waals surface area (Å²) in [5.74, 6) is -1.27. The van der Waals surface area contributed by atoms with Gasteiger partial charge < -0.3 is 9.84 Å². The molecule has 1 aromatic carbocycles. The van der Waals surface area contributed by atoms with Gasteiger partial charge in [0, 0.05) is 6.07 Å². The lowest BCUT2D eigenvalue weighted by molar-refractivity contribution is -0.147. The molecule has 0 spiro atoms. The first kappa shape index (κ1) is 14.9. The van der Waals surface area contributed by atoms with Crippen LogP contribution in [-0.4, -0.2) is 38.4 Å². The third-order valence-electron chi connectivity index (χ3n) is 3.50. The van der Waals surface area contributed by atoms with Gasteiger partial charge in [0.25, 0.3) is 0 Å². The number of aliphatic carboxylic acids is 1. The van der Waals surface area contributed by atoms with Gasteiger partial charge in [-0.2, -0.15) is 0 Å². The molecule has 0 bridgehead atoms. The van der Waals surface area contributed by atoms with E-state index in [1.165, 1.54) is 26.2 Å². The summed E-state index contributed by atoms with van der Waals surface area (Å²) >= 11 is 0. The SMILES string of the molecule is CCC(C)(C(=O)O)n1nnnc1-c1ccc(OC)cc1F. The number of halogens is 1. The molecule has 112 valence electrons. The molecular formula is C13H15FN4O3. The summed E-state index contributed by atoms with van der Waals surface area (Å²) in [5.41, 5.74) is -1.24. The molecule has 21 heavy (non-hydrogen) atoms. The van der Waals surface area contributed by atoms with Crippen LogP contribution in [0.25, 0.3) is 11.4 Å². The summed E-state index contributed by atoms with van der Waals surface area (Å²) in [6, 6.07) is 4.20. The highest BCUT2D eigenvalue weighted by Crippen LogP contribution is 2.29. The molecule has 0 amide bonds. The van der Waals surface area contributed by atoms with Crippen molar-refractivity contribution >= 4 is 5.97 Å². The Morgan fingerprint density at radius 1 is 1.52 bits per heavy atom. The number of hydrogen-bond donors (Lipinski definition) is 1. The first-order valence-electron chi connectivity index (χ1n) is 6.30. The highest BCUT2D eigenvalue weighted by atomic mass is 19.1. The van der Waals surface area contributed by atoms with E-state index in [4.69, 9.17) is 4.74 Å². The molecule has 1 atom stereocenters. The van der Waals surface area contributed by atoms with Gasteiger partial charge in [0.1, 0.15) is 11.6 Å². The molecule has 8 heteroatoms. The predicted molar refractivity (Wildman–Crippen MR) is 71.3 cm³/mol. The van der Waals surface area contributed by atoms with Gasteiger partial charge in [-0.3, -0.25) is 0 Å². The van der Waals surface area contributed by atoms with E-state index in [0.29, 0.717) is 5.75 Å². The highest BCUT2D eigenvalue weighted by molar-refractivity contribution is 5.77. The first-order chi connectivity index (χ1) is 9.93. The van der Waals surface area contributed by atoms with Crippen LogP contribution >= 0.6 is 0 Å². The summed E-state index contributed by atoms with van der Waals surface area (Å²) in [6.45, 7) is 3.18. The lowest BCUT2D eigenvalue weighted by atomic mass is 9.99. The van der Waals surface area contributed by atoms with Crippen molar-refractivity contribution in [2.75, 3.05) is 7.11 Å². The molecular weight excluding hydrogens is 279 g/mol. The maximum Gasteiger partial charge on any atom is 0.331 e. The Bertz CT molecular complexity index is 673. The van der Waals surface area contributed by atoms with E-state index in [0.717, 1.165) is 4.68 Å². The minimum atomic E-state index is -1.36. The maximum atomic E-state index is 14.1. The number of benzene rings is 1. The highest BCUT2D eigenvalue weighted by Gasteiger charge is 2.37. The number of aromatic nitrogens is 4. The molecule has 1 heterocycles. The van der Waals surface area contributed by atoms with E-state index in [-0.39, 0.29) is 17.8 Å². The van der Waals surface area contributed by atoms with Crippen molar-refractivity contribution in [2.45, 2.75) is 25.8 Å². The number of carbonyl (C=O) groups is 1. The molecule has 0 fully saturated rings. The molecule has 0 aliphatic heterocycles. The van der Waals surface area contributed by atoms with Crippen molar-refractivity contribution in [3.8, 4) is 17.1 Å². The van der Waals surface area contributed by atoms with Crippen molar-refractivity contribution in [1.29, 1.82) is 0 Å². The number of nitrogens with zero attached hydrogens (tertiary/aromatic N) is 4. The second kappa shape index (κ2) is 5.47. The van der Waals surface area contributed by atoms with Crippen LogP contribution in [0.15, 0.2) is 18.2 Å². The second-order valence-electron chi connectivity index (χ2n) is 4.69. The van der Waals surface area contributed by atoms with Crippen LogP contribution < -0.4 is 4.74 Å². The molecule has 0 aliphatic rings. The van der Waals surface area contributed by atoms with Crippen LogP contribution in [0.3, 0.4) is 0 Å². The van der Waals surface area contributed by atoms with Gasteiger partial charge in [0.2, 0.25) is 0 Å². The number of tetrazole rings is 1. The summed E-state index contributed by atoms with van der Waals surface area (Å²) in [5, 5.41) is 20.4. The molecule has 1 N–H and O–H groups in total. The topological polar surface area (TPSA) is 90.1 Å². The number of hydrogen-bond acceptors (Lipinski definition) is 5. The number of carboxylic acids is 1. The molecule has 7 nitrogen and oxygen atoms in total. The fourth-order valence-corrected chi connectivity index (χ4v) is 1.88. The normalized spacial score (nSPS) is 13.7. The zero-order chi connectivity index (χ0) is 15.6. The molecule has 2 rings (SSSR count). The Hall–Kier alpha value is -2.51. The number of carboxylic acid groups (broad SMARTS) is 1. The molecule has 0 radical (unpaired) electrons. The average molecular weight is 294 g/mol. The van der Waals surface area contributed by atoms with Crippen molar-refractivity contribution in [2.24, 2.45) is 0 Å². The quantitative estimate of drug-likeness (QED) is 0.902. The molecule has 0 saturated carbocycles. The van der Waals surface area contributed by atoms with E-state index < -0.39 is 17.3 Å². The molecule has 0 saturated heterocycles. The summed E-state index contributed by atoms with van der Waals surface area (Å²) in [6.07, 6.45) is 0.248. The van der Waals surface area contributed by atoms with Gasteiger partial charge in [0.05, 0.1) is 12.7 Å². The van der Waals surface area contributed by atoms with Gasteiger partial charge >= 0.3 is 5.97 Å². The minimum Gasteiger partial charge on any atom is -0.497 e. The Morgan fingerprint density at radius 3 is 2.76 bits per heavy atom. The zero-order valence-corrected chi connectivity index (χ0v) is 11.9. The number of ether oxygens (including phenoxy) is 1. The lowest BCUT2D eigenvalue weighted by Crippen LogP contribution is -2.39. The van der Waals surface area contributed by atoms with E-state index in [9.17, 15) is 14.3 Å². The predicted octanol–water partition coefficient (Wildman–Crippen LogP) is 1.70. The van der Waals surface area contributed by atoms with Crippen LogP contribution in [0.5, 0.6) is 5.75 Å². The monoisotopic (exact) mass is 294 g/mol. The summed E-state index contributed by atoms with van der Waals surface area (Å²) < 4.78 is 20.2. The van der Waals surface area contributed by atoms with Crippen LogP contribution in [0, 0.1) is 5.82 Å². The lowest BCUT2D eigenvalue weighted by Gasteiger charge is -2.24. The minimum absolute atomic E-state index is 0.0573. The third-order valence-corrected chi connectivity index (χ3v) is 3.50. The largest absolute Gasteiger partial charge is 0.497 e. The van der Waals surface area contributed by atoms with E-state index in [2.05, 4.69) is 15.5 Å². The maximum absolute atomic E-state index is 14.1. The smallest absolute Gasteiger partial charge is 0.331 e. The first-order valence-corrected chi connectivity index (χ1v) is 6.30. The van der Waals surface area contributed by atoms with Crippen molar-refractivity contribution < 1.29 is 19.0 Å². The summed E-state index contributed by atoms with van der Waals surface area (Å²) in [7, 11) is 1.43. The molecule has 1 aromatic heterocycles. The van der Waals surface area contributed by atoms with Gasteiger partial charge in [-0.1, -0.05) is 6.92 Å². The van der Waals surface area contributed by atoms with Gasteiger partial charge in [0.15, 0.2) is 11.4 Å². The third kappa shape index (κ3) is 2.44. The zero-order valence-electron chi connectivity index (χ0n) is 11.9. The average Bonchev–Trinajstić information content (AvgIpc) is 2.95. The van der Waals surface area contributed by atoms with E-state index in [1.54, 1.807) is 13.0 Å². The Balaban J connectivity index is 2.58. The van der Waals surface area contributed by atoms with E-state index in [1.807, 2.05) is 0 Å². The second-order valence-corrected chi connectivity index (χ2v) is 4.69. The summed E-state index contributed by atoms with van der Waals surface area (Å²) in [4.78, 5) is 11.5. The van der Waals surface area contributed by atoms with Gasteiger partial charge in [-0.25, -0.2) is 13.9 Å². The number of methoxy groups -OCH3 is 1. The van der Waals surface area contributed by atoms with Crippen LogP contribution in [-0.2, 0) is 10.3 Å². The number of rotatable bonds is 5. The van der Waals surface area contributed by atoms with E-state index >= 15 is 0 Å². The standard InChI is InChI=1S/C13H15FN4O3/c1-4-13(2,12(19)20)18-11(15-16-17-18)9-6-5-8(21-3)7-10(9)14/h5-7H,4H2,1-3H3,(H,19,20).